The molecule has 0 N–H and O–H groups in total. The van der Waals surface area contributed by atoms with Crippen molar-refractivity contribution in [3.05, 3.63) is 46.2 Å². The van der Waals surface area contributed by atoms with E-state index in [9.17, 15) is 10.1 Å². The van der Waals surface area contributed by atoms with Gasteiger partial charge >= 0.3 is 0 Å². The first-order valence-electron chi connectivity index (χ1n) is 5.67. The minimum Gasteiger partial charge on any atom is -0.375 e. The van der Waals surface area contributed by atoms with Crippen LogP contribution in [-0.2, 0) is 4.74 Å². The van der Waals surface area contributed by atoms with E-state index in [1.54, 1.807) is 24.4 Å². The van der Waals surface area contributed by atoms with Crippen molar-refractivity contribution in [2.24, 2.45) is 0 Å². The van der Waals surface area contributed by atoms with Crippen LogP contribution in [-0.4, -0.2) is 24.2 Å². The number of hydrogen-bond acceptors (Lipinski definition) is 3. The van der Waals surface area contributed by atoms with Crippen molar-refractivity contribution in [2.45, 2.75) is 0 Å². The van der Waals surface area contributed by atoms with Gasteiger partial charge in [0.25, 0.3) is 5.91 Å². The van der Waals surface area contributed by atoms with Gasteiger partial charge in [-0.15, -0.1) is 0 Å². The van der Waals surface area contributed by atoms with Crippen molar-refractivity contribution >= 4 is 29.1 Å². The molecule has 0 amide bonds. The maximum absolute atomic E-state index is 11.8. The van der Waals surface area contributed by atoms with Gasteiger partial charge in [0.1, 0.15) is 12.7 Å². The summed E-state index contributed by atoms with van der Waals surface area (Å²) in [7, 11) is 1.43. The van der Waals surface area contributed by atoms with E-state index in [-0.39, 0.29) is 12.5 Å². The maximum atomic E-state index is 11.8. The van der Waals surface area contributed by atoms with Gasteiger partial charge in [-0.25, -0.2) is 0 Å². The van der Waals surface area contributed by atoms with Crippen LogP contribution >= 0.6 is 23.2 Å². The average molecular weight is 309 g/mol. The van der Waals surface area contributed by atoms with Crippen molar-refractivity contribution < 1.29 is 9.53 Å². The Bertz CT molecular complexity index is 702. The molecule has 0 saturated heterocycles. The number of nitriles is 1. The van der Waals surface area contributed by atoms with E-state index in [2.05, 4.69) is 0 Å². The van der Waals surface area contributed by atoms with Crippen LogP contribution in [0.15, 0.2) is 30.6 Å². The summed E-state index contributed by atoms with van der Waals surface area (Å²) in [4.78, 5) is 11.8. The fourth-order valence-corrected chi connectivity index (χ4v) is 2.21. The van der Waals surface area contributed by atoms with Gasteiger partial charge in [0.2, 0.25) is 0 Å². The number of aromatic nitrogens is 1. The highest BCUT2D eigenvalue weighted by Gasteiger charge is 2.16. The monoisotopic (exact) mass is 308 g/mol. The molecule has 2 aromatic rings. The molecule has 20 heavy (non-hydrogen) atoms. The summed E-state index contributed by atoms with van der Waals surface area (Å²) in [6.07, 6.45) is 3.01. The highest BCUT2D eigenvalue weighted by molar-refractivity contribution is 6.43. The number of methoxy groups -OCH3 is 1. The van der Waals surface area contributed by atoms with Gasteiger partial charge in [0.05, 0.1) is 15.6 Å². The molecular weight excluding hydrogens is 299 g/mol. The highest BCUT2D eigenvalue weighted by Crippen LogP contribution is 2.35. The molecule has 0 atom stereocenters. The highest BCUT2D eigenvalue weighted by atomic mass is 35.5. The van der Waals surface area contributed by atoms with Crippen molar-refractivity contribution in [3.8, 4) is 17.2 Å². The summed E-state index contributed by atoms with van der Waals surface area (Å²) < 4.78 is 6.10. The Morgan fingerprint density at radius 2 is 2.10 bits per heavy atom. The third kappa shape index (κ3) is 2.70. The van der Waals surface area contributed by atoms with Gasteiger partial charge in [-0.1, -0.05) is 35.3 Å². The zero-order valence-corrected chi connectivity index (χ0v) is 12.1. The third-order valence-corrected chi connectivity index (χ3v) is 3.56. The molecule has 1 heterocycles. The average Bonchev–Trinajstić information content (AvgIpc) is 2.86. The lowest BCUT2D eigenvalue weighted by Crippen LogP contribution is -2.14. The number of rotatable bonds is 3. The van der Waals surface area contributed by atoms with Crippen LogP contribution in [0, 0.1) is 11.3 Å². The number of nitrogens with zero attached hydrogens (tertiary/aromatic N) is 2. The van der Waals surface area contributed by atoms with Crippen LogP contribution in [0.2, 0.25) is 10.0 Å². The van der Waals surface area contributed by atoms with Gasteiger partial charge < -0.3 is 4.74 Å². The Balaban J connectivity index is 2.54. The lowest BCUT2D eigenvalue weighted by molar-refractivity contribution is 0.0762. The Labute approximate surface area is 126 Å². The van der Waals surface area contributed by atoms with Gasteiger partial charge in [-0.3, -0.25) is 9.36 Å². The minimum atomic E-state index is -0.270. The number of carbonyl (C=O) groups is 1. The number of carbonyl (C=O) groups excluding carboxylic acids is 1. The molecule has 2 rings (SSSR count). The van der Waals surface area contributed by atoms with Crippen molar-refractivity contribution in [1.82, 2.24) is 4.57 Å². The van der Waals surface area contributed by atoms with Crippen molar-refractivity contribution in [2.75, 3.05) is 13.7 Å². The second-order valence-corrected chi connectivity index (χ2v) is 4.82. The number of halogens is 2. The quantitative estimate of drug-likeness (QED) is 0.870. The third-order valence-electron chi connectivity index (χ3n) is 2.74. The van der Waals surface area contributed by atoms with Crippen molar-refractivity contribution in [1.29, 1.82) is 5.26 Å². The fraction of sp³-hybridized carbons (Fsp3) is 0.143. The fourth-order valence-electron chi connectivity index (χ4n) is 1.81. The van der Waals surface area contributed by atoms with Gasteiger partial charge in [0.15, 0.2) is 0 Å². The summed E-state index contributed by atoms with van der Waals surface area (Å²) in [5.41, 5.74) is 1.52. The second-order valence-electron chi connectivity index (χ2n) is 4.03. The van der Waals surface area contributed by atoms with E-state index in [1.807, 2.05) is 6.07 Å². The largest absolute Gasteiger partial charge is 0.375 e. The van der Waals surface area contributed by atoms with Crippen LogP contribution in [0.5, 0.6) is 0 Å². The molecule has 1 aromatic heterocycles. The first-order chi connectivity index (χ1) is 9.58. The Morgan fingerprint density at radius 1 is 1.35 bits per heavy atom. The summed E-state index contributed by atoms with van der Waals surface area (Å²) in [5, 5.41) is 9.93. The molecule has 102 valence electrons. The van der Waals surface area contributed by atoms with E-state index in [0.29, 0.717) is 26.7 Å². The zero-order chi connectivity index (χ0) is 14.7. The van der Waals surface area contributed by atoms with Crippen molar-refractivity contribution in [3.63, 3.8) is 0 Å². The standard InChI is InChI=1S/C14H10Cl2N2O2/c1-20-8-13(19)18-6-9(5-17)11(7-18)10-3-2-4-12(15)14(10)16/h2-4,6-7H,8H2,1H3. The Kier molecular flexibility index (Phi) is 4.46. The van der Waals surface area contributed by atoms with E-state index in [1.165, 1.54) is 17.9 Å². The molecule has 6 heteroatoms. The van der Waals surface area contributed by atoms with Crippen LogP contribution in [0.1, 0.15) is 10.4 Å². The molecule has 0 saturated carbocycles. The van der Waals surface area contributed by atoms with Crippen LogP contribution in [0.3, 0.4) is 0 Å². The molecule has 0 aliphatic rings. The molecule has 0 unspecified atom stereocenters. The molecule has 0 aliphatic carbocycles. The maximum Gasteiger partial charge on any atom is 0.256 e. The van der Waals surface area contributed by atoms with E-state index >= 15 is 0 Å². The predicted octanol–water partition coefficient (Wildman–Crippen LogP) is 3.62. The number of hydrogen-bond donors (Lipinski definition) is 0. The molecule has 0 bridgehead atoms. The van der Waals surface area contributed by atoms with Gasteiger partial charge in [-0.05, 0) is 6.07 Å². The van der Waals surface area contributed by atoms with Crippen LogP contribution in [0.4, 0.5) is 0 Å². The predicted molar refractivity (Wildman–Crippen MR) is 77.1 cm³/mol. The van der Waals surface area contributed by atoms with E-state index < -0.39 is 0 Å². The summed E-state index contributed by atoms with van der Waals surface area (Å²) in [5.74, 6) is -0.270. The summed E-state index contributed by atoms with van der Waals surface area (Å²) in [6.45, 7) is -0.0672. The smallest absolute Gasteiger partial charge is 0.256 e. The lowest BCUT2D eigenvalue weighted by atomic mass is 10.1. The first kappa shape index (κ1) is 14.6. The molecule has 0 spiro atoms. The summed E-state index contributed by atoms with van der Waals surface area (Å²) in [6, 6.07) is 7.18. The first-order valence-corrected chi connectivity index (χ1v) is 6.42. The number of ether oxygens (including phenoxy) is 1. The molecule has 0 aliphatic heterocycles. The van der Waals surface area contributed by atoms with E-state index in [0.717, 1.165) is 0 Å². The zero-order valence-electron chi connectivity index (χ0n) is 10.6. The topological polar surface area (TPSA) is 55.0 Å². The minimum absolute atomic E-state index is 0.0672. The normalized spacial score (nSPS) is 10.3. The Morgan fingerprint density at radius 3 is 2.75 bits per heavy atom. The SMILES string of the molecule is COCC(=O)n1cc(C#N)c(-c2cccc(Cl)c2Cl)c1. The number of benzene rings is 1. The molecule has 0 fully saturated rings. The van der Waals surface area contributed by atoms with Crippen LogP contribution < -0.4 is 0 Å². The lowest BCUT2D eigenvalue weighted by Gasteiger charge is -2.04. The van der Waals surface area contributed by atoms with Gasteiger partial charge in [0, 0.05) is 30.6 Å². The molecule has 4 nitrogen and oxygen atoms in total. The second kappa shape index (κ2) is 6.10. The van der Waals surface area contributed by atoms with E-state index in [4.69, 9.17) is 27.9 Å². The molecule has 0 radical (unpaired) electrons. The molecular formula is C14H10Cl2N2O2. The summed E-state index contributed by atoms with van der Waals surface area (Å²) >= 11 is 12.1. The van der Waals surface area contributed by atoms with Gasteiger partial charge in [-0.2, -0.15) is 5.26 Å². The Hall–Kier alpha value is -1.80. The van der Waals surface area contributed by atoms with Crippen LogP contribution in [0.25, 0.3) is 11.1 Å². The molecule has 1 aromatic carbocycles.